The lowest BCUT2D eigenvalue weighted by molar-refractivity contribution is -0.108. The van der Waals surface area contributed by atoms with E-state index in [0.29, 0.717) is 12.2 Å². The fourth-order valence-electron chi connectivity index (χ4n) is 3.41. The van der Waals surface area contributed by atoms with Crippen molar-refractivity contribution < 1.29 is 9.63 Å². The largest absolute Gasteiger partial charge is 0.397 e. The Bertz CT molecular complexity index is 844. The molecule has 1 aliphatic carbocycles. The van der Waals surface area contributed by atoms with Gasteiger partial charge in [-0.05, 0) is 25.7 Å². The van der Waals surface area contributed by atoms with Crippen LogP contribution in [0.15, 0.2) is 29.4 Å². The number of anilines is 1. The molecular weight excluding hydrogens is 330 g/mol. The van der Waals surface area contributed by atoms with Gasteiger partial charge in [-0.25, -0.2) is 9.97 Å². The van der Waals surface area contributed by atoms with Crippen molar-refractivity contribution in [1.29, 1.82) is 0 Å². The molecule has 134 valence electrons. The number of hydrogen-bond donors (Lipinski definition) is 1. The number of amides is 1. The van der Waals surface area contributed by atoms with Gasteiger partial charge in [-0.3, -0.25) is 4.79 Å². The minimum Gasteiger partial charge on any atom is -0.397 e. The molecule has 1 fully saturated rings. The van der Waals surface area contributed by atoms with Gasteiger partial charge in [0.2, 0.25) is 12.4 Å². The minimum absolute atomic E-state index is 0.378. The second-order valence-corrected chi connectivity index (χ2v) is 6.45. The van der Waals surface area contributed by atoms with E-state index in [-0.39, 0.29) is 0 Å². The molecule has 1 saturated heterocycles. The molecule has 0 saturated carbocycles. The number of aryl methyl sites for hydroxylation is 1. The Labute approximate surface area is 152 Å². The normalized spacial score (nSPS) is 16.0. The van der Waals surface area contributed by atoms with Crippen LogP contribution in [0.3, 0.4) is 0 Å². The van der Waals surface area contributed by atoms with E-state index in [4.69, 9.17) is 14.8 Å². The van der Waals surface area contributed by atoms with Crippen LogP contribution in [0.2, 0.25) is 0 Å². The third-order valence-corrected chi connectivity index (χ3v) is 4.87. The molecule has 1 N–H and O–H groups in total. The molecule has 0 bridgehead atoms. The Morgan fingerprint density at radius 1 is 1.19 bits per heavy atom. The molecule has 1 aliphatic heterocycles. The highest BCUT2D eigenvalue weighted by Crippen LogP contribution is 2.32. The molecule has 2 aliphatic rings. The number of fused-ring (bicyclic) bond motifs is 1. The summed E-state index contributed by atoms with van der Waals surface area (Å²) in [6.07, 6.45) is 4.97. The first-order valence-electron chi connectivity index (χ1n) is 8.87. The predicted octanol–water partition coefficient (Wildman–Crippen LogP) is 1.90. The molecule has 4 rings (SSSR count). The van der Waals surface area contributed by atoms with E-state index in [1.165, 1.54) is 24.8 Å². The van der Waals surface area contributed by atoms with Crippen molar-refractivity contribution in [2.45, 2.75) is 25.7 Å². The summed E-state index contributed by atoms with van der Waals surface area (Å²) in [6.45, 7) is 2.07. The summed E-state index contributed by atoms with van der Waals surface area (Å²) in [4.78, 5) is 27.4. The lowest BCUT2D eigenvalue weighted by Crippen LogP contribution is -2.38. The van der Waals surface area contributed by atoms with Crippen LogP contribution in [0, 0.1) is 0 Å². The van der Waals surface area contributed by atoms with E-state index < -0.39 is 0 Å². The summed E-state index contributed by atoms with van der Waals surface area (Å²) in [5, 5.41) is 6.39. The van der Waals surface area contributed by atoms with Gasteiger partial charge < -0.3 is 15.1 Å². The van der Waals surface area contributed by atoms with E-state index in [9.17, 15) is 4.79 Å². The van der Waals surface area contributed by atoms with E-state index in [1.807, 2.05) is 24.3 Å². The molecule has 1 amide bonds. The average Bonchev–Trinajstić information content (AvgIpc) is 3.08. The Balaban J connectivity index is 1.70. The number of amidine groups is 1. The zero-order chi connectivity index (χ0) is 17.9. The second-order valence-electron chi connectivity index (χ2n) is 6.45. The maximum absolute atomic E-state index is 10.7. The van der Waals surface area contributed by atoms with Crippen LogP contribution in [0.5, 0.6) is 0 Å². The fourth-order valence-corrected chi connectivity index (χ4v) is 3.41. The minimum atomic E-state index is 0.378. The van der Waals surface area contributed by atoms with Crippen molar-refractivity contribution in [1.82, 2.24) is 15.3 Å². The van der Waals surface area contributed by atoms with Crippen molar-refractivity contribution in [3.05, 3.63) is 41.1 Å². The fraction of sp³-hybridized carbons (Fsp3) is 0.368. The van der Waals surface area contributed by atoms with Gasteiger partial charge in [0.15, 0.2) is 5.84 Å². The lowest BCUT2D eigenvalue weighted by Gasteiger charge is -2.31. The maximum Gasteiger partial charge on any atom is 0.226 e. The monoisotopic (exact) mass is 351 g/mol. The SMILES string of the molecule is CO/N=C(\NC=O)c1ccc(-c2nc(N3CCC3)nc3c2CCC3)cc1. The second kappa shape index (κ2) is 7.11. The van der Waals surface area contributed by atoms with Crippen LogP contribution in [-0.2, 0) is 22.5 Å². The zero-order valence-corrected chi connectivity index (χ0v) is 14.7. The summed E-state index contributed by atoms with van der Waals surface area (Å²) in [5.74, 6) is 1.23. The first kappa shape index (κ1) is 16.5. The first-order chi connectivity index (χ1) is 12.8. The number of nitrogens with one attached hydrogen (secondary N) is 1. The van der Waals surface area contributed by atoms with Gasteiger partial charge in [0.05, 0.1) is 5.69 Å². The van der Waals surface area contributed by atoms with Gasteiger partial charge in [-0.15, -0.1) is 0 Å². The smallest absolute Gasteiger partial charge is 0.226 e. The molecule has 2 aromatic rings. The molecular formula is C19H21N5O2. The van der Waals surface area contributed by atoms with Crippen LogP contribution in [0.4, 0.5) is 5.95 Å². The molecule has 1 aromatic heterocycles. The maximum atomic E-state index is 10.7. The van der Waals surface area contributed by atoms with Crippen molar-refractivity contribution >= 4 is 18.2 Å². The number of benzene rings is 1. The van der Waals surface area contributed by atoms with Gasteiger partial charge in [0, 0.05) is 35.5 Å². The van der Waals surface area contributed by atoms with Crippen LogP contribution in [-0.4, -0.2) is 42.4 Å². The van der Waals surface area contributed by atoms with Gasteiger partial charge >= 0.3 is 0 Å². The number of carbonyl (C=O) groups is 1. The number of oxime groups is 1. The standard InChI is InChI=1S/C19H21N5O2/c1-26-23-18(20-12-25)14-8-6-13(7-9-14)17-15-4-2-5-16(15)21-19(22-17)24-10-3-11-24/h6-9,12H,2-5,10-11H2,1H3,(H,20,23,25). The molecule has 7 nitrogen and oxygen atoms in total. The summed E-state index contributed by atoms with van der Waals surface area (Å²) < 4.78 is 0. The van der Waals surface area contributed by atoms with Crippen molar-refractivity contribution in [3.8, 4) is 11.3 Å². The van der Waals surface area contributed by atoms with E-state index in [2.05, 4.69) is 15.4 Å². The Morgan fingerprint density at radius 3 is 2.65 bits per heavy atom. The summed E-state index contributed by atoms with van der Waals surface area (Å²) in [5.41, 5.74) is 5.30. The number of aromatic nitrogens is 2. The van der Waals surface area contributed by atoms with Gasteiger partial charge in [0.25, 0.3) is 0 Å². The first-order valence-corrected chi connectivity index (χ1v) is 8.87. The van der Waals surface area contributed by atoms with Crippen molar-refractivity contribution in [2.75, 3.05) is 25.1 Å². The van der Waals surface area contributed by atoms with E-state index in [0.717, 1.165) is 55.1 Å². The zero-order valence-electron chi connectivity index (χ0n) is 14.7. The number of nitrogens with zero attached hydrogens (tertiary/aromatic N) is 4. The van der Waals surface area contributed by atoms with E-state index in [1.54, 1.807) is 0 Å². The Hall–Kier alpha value is -2.96. The number of carbonyl (C=O) groups excluding carboxylic acids is 1. The lowest BCUT2D eigenvalue weighted by atomic mass is 10.0. The highest BCUT2D eigenvalue weighted by Gasteiger charge is 2.24. The average molecular weight is 351 g/mol. The molecule has 1 aromatic carbocycles. The summed E-state index contributed by atoms with van der Waals surface area (Å²) in [7, 11) is 1.45. The predicted molar refractivity (Wildman–Crippen MR) is 99.1 cm³/mol. The third-order valence-electron chi connectivity index (χ3n) is 4.87. The molecule has 26 heavy (non-hydrogen) atoms. The highest BCUT2D eigenvalue weighted by molar-refractivity contribution is 6.03. The topological polar surface area (TPSA) is 79.7 Å². The molecule has 0 unspecified atom stereocenters. The van der Waals surface area contributed by atoms with Gasteiger partial charge in [-0.2, -0.15) is 0 Å². The summed E-state index contributed by atoms with van der Waals surface area (Å²) in [6, 6.07) is 7.84. The highest BCUT2D eigenvalue weighted by atomic mass is 16.6. The number of rotatable bonds is 5. The molecule has 0 spiro atoms. The molecule has 2 heterocycles. The molecule has 0 radical (unpaired) electrons. The number of hydrogen-bond acceptors (Lipinski definition) is 6. The van der Waals surface area contributed by atoms with Crippen LogP contribution in [0.1, 0.15) is 29.7 Å². The van der Waals surface area contributed by atoms with Crippen LogP contribution in [0.25, 0.3) is 11.3 Å². The van der Waals surface area contributed by atoms with Crippen LogP contribution < -0.4 is 10.2 Å². The summed E-state index contributed by atoms with van der Waals surface area (Å²) >= 11 is 0. The molecule has 0 atom stereocenters. The quantitative estimate of drug-likeness (QED) is 0.385. The van der Waals surface area contributed by atoms with Crippen molar-refractivity contribution in [3.63, 3.8) is 0 Å². The third kappa shape index (κ3) is 3.00. The van der Waals surface area contributed by atoms with E-state index >= 15 is 0 Å². The van der Waals surface area contributed by atoms with Gasteiger partial charge in [-0.1, -0.05) is 29.4 Å². The molecule has 7 heteroatoms. The van der Waals surface area contributed by atoms with Crippen molar-refractivity contribution in [2.24, 2.45) is 5.16 Å². The van der Waals surface area contributed by atoms with Gasteiger partial charge in [0.1, 0.15) is 7.11 Å². The Kier molecular flexibility index (Phi) is 4.51. The van der Waals surface area contributed by atoms with Crippen LogP contribution >= 0.6 is 0 Å². The Morgan fingerprint density at radius 2 is 2.00 bits per heavy atom.